The highest BCUT2D eigenvalue weighted by molar-refractivity contribution is 7.99. The van der Waals surface area contributed by atoms with E-state index in [0.29, 0.717) is 16.6 Å². The molecule has 0 atom stereocenters. The number of halogens is 2. The summed E-state index contributed by atoms with van der Waals surface area (Å²) in [5.74, 6) is 0.286. The van der Waals surface area contributed by atoms with E-state index in [1.165, 1.54) is 6.07 Å². The van der Waals surface area contributed by atoms with E-state index in [9.17, 15) is 4.79 Å². The highest BCUT2D eigenvalue weighted by Crippen LogP contribution is 2.36. The molecule has 0 radical (unpaired) electrons. The van der Waals surface area contributed by atoms with Crippen molar-refractivity contribution < 1.29 is 0 Å². The number of hydrogen-bond donors (Lipinski definition) is 1. The summed E-state index contributed by atoms with van der Waals surface area (Å²) in [6.45, 7) is 4.84. The van der Waals surface area contributed by atoms with Crippen LogP contribution in [0.15, 0.2) is 57.6 Å². The van der Waals surface area contributed by atoms with Gasteiger partial charge in [-0.25, -0.2) is 4.98 Å². The largest absolute Gasteiger partial charge is 0.329 e. The van der Waals surface area contributed by atoms with Crippen LogP contribution in [0.2, 0.25) is 10.0 Å². The summed E-state index contributed by atoms with van der Waals surface area (Å²) < 4.78 is 2.07. The van der Waals surface area contributed by atoms with E-state index in [1.807, 2.05) is 24.5 Å². The first kappa shape index (κ1) is 18.1. The van der Waals surface area contributed by atoms with Gasteiger partial charge in [0.25, 0.3) is 0 Å². The Morgan fingerprint density at radius 2 is 1.92 bits per heavy atom. The molecule has 2 aromatic heterocycles. The predicted octanol–water partition coefficient (Wildman–Crippen LogP) is 5.20. The van der Waals surface area contributed by atoms with Crippen molar-refractivity contribution in [2.24, 2.45) is 0 Å². The summed E-state index contributed by atoms with van der Waals surface area (Å²) in [6.07, 6.45) is 3.55. The van der Waals surface area contributed by atoms with Gasteiger partial charge in [0.15, 0.2) is 0 Å². The lowest BCUT2D eigenvalue weighted by molar-refractivity contribution is 0.706. The van der Waals surface area contributed by atoms with E-state index >= 15 is 0 Å². The third-order valence-corrected chi connectivity index (χ3v) is 5.16. The molecular weight excluding hydrogens is 377 g/mol. The summed E-state index contributed by atoms with van der Waals surface area (Å²) in [5.41, 5.74) is 1.91. The molecule has 3 rings (SSSR count). The fraction of sp³-hybridized carbons (Fsp3) is 0.222. The average Bonchev–Trinajstić information content (AvgIpc) is 2.91. The number of H-pyrrole nitrogens is 1. The monoisotopic (exact) mass is 393 g/mol. The van der Waals surface area contributed by atoms with Crippen molar-refractivity contribution in [3.63, 3.8) is 0 Å². The molecule has 3 aromatic rings. The third-order valence-electron chi connectivity index (χ3n) is 3.62. The second kappa shape index (κ2) is 7.68. The predicted molar refractivity (Wildman–Crippen MR) is 103 cm³/mol. The molecule has 0 fully saturated rings. The molecule has 1 N–H and O–H groups in total. The number of aromatic nitrogens is 3. The Labute approximate surface area is 160 Å². The lowest BCUT2D eigenvalue weighted by atomic mass is 10.1. The molecule has 0 amide bonds. The zero-order chi connectivity index (χ0) is 18.0. The lowest BCUT2D eigenvalue weighted by Gasteiger charge is -2.12. The molecule has 0 bridgehead atoms. The van der Waals surface area contributed by atoms with Crippen LogP contribution in [0.5, 0.6) is 0 Å². The maximum Gasteiger partial charge on any atom is 0.247 e. The second-order valence-corrected chi connectivity index (χ2v) is 7.92. The first-order chi connectivity index (χ1) is 11.9. The minimum Gasteiger partial charge on any atom is -0.329 e. The third kappa shape index (κ3) is 4.48. The van der Waals surface area contributed by atoms with Crippen molar-refractivity contribution in [1.29, 1.82) is 0 Å². The molecule has 0 unspecified atom stereocenters. The van der Waals surface area contributed by atoms with E-state index in [0.717, 1.165) is 21.2 Å². The lowest BCUT2D eigenvalue weighted by Crippen LogP contribution is -2.06. The molecule has 25 heavy (non-hydrogen) atoms. The minimum atomic E-state index is -0.111. The maximum atomic E-state index is 11.2. The number of aromatic amines is 1. The Morgan fingerprint density at radius 3 is 2.52 bits per heavy atom. The van der Waals surface area contributed by atoms with Gasteiger partial charge in [-0.2, -0.15) is 0 Å². The molecule has 130 valence electrons. The van der Waals surface area contributed by atoms with Gasteiger partial charge in [0.2, 0.25) is 5.56 Å². The molecule has 0 aliphatic heterocycles. The molecule has 0 aliphatic carbocycles. The van der Waals surface area contributed by atoms with Crippen LogP contribution in [0, 0.1) is 0 Å². The summed E-state index contributed by atoms with van der Waals surface area (Å²) in [6, 6.07) is 8.84. The van der Waals surface area contributed by atoms with Gasteiger partial charge in [-0.05, 0) is 29.7 Å². The van der Waals surface area contributed by atoms with Crippen LogP contribution in [0.25, 0.3) is 0 Å². The van der Waals surface area contributed by atoms with Crippen LogP contribution >= 0.6 is 35.0 Å². The standard InChI is InChI=1S/C18H17Cl2N3OS/c1-11(2)17-18(25-15-6-13(19)5-14(20)7-15)23(10-22-17)9-12-3-4-16(24)21-8-12/h3-8,10-11H,9H2,1-2H3,(H,21,24). The summed E-state index contributed by atoms with van der Waals surface area (Å²) in [4.78, 5) is 19.5. The van der Waals surface area contributed by atoms with E-state index in [1.54, 1.807) is 24.0 Å². The Hall–Kier alpha value is -1.69. The van der Waals surface area contributed by atoms with Crippen molar-refractivity contribution in [2.45, 2.75) is 36.2 Å². The zero-order valence-corrected chi connectivity index (χ0v) is 16.1. The molecule has 1 aromatic carbocycles. The van der Waals surface area contributed by atoms with Crippen molar-refractivity contribution in [3.05, 3.63) is 74.5 Å². The topological polar surface area (TPSA) is 50.7 Å². The van der Waals surface area contributed by atoms with Crippen LogP contribution in [-0.4, -0.2) is 14.5 Å². The molecule has 0 saturated carbocycles. The smallest absolute Gasteiger partial charge is 0.247 e. The number of nitrogens with zero attached hydrogens (tertiary/aromatic N) is 2. The number of benzene rings is 1. The van der Waals surface area contributed by atoms with E-state index < -0.39 is 0 Å². The van der Waals surface area contributed by atoms with Gasteiger partial charge in [0.05, 0.1) is 18.6 Å². The molecular formula is C18H17Cl2N3OS. The molecule has 7 heteroatoms. The van der Waals surface area contributed by atoms with Crippen LogP contribution in [0.4, 0.5) is 0 Å². The minimum absolute atomic E-state index is 0.111. The molecule has 2 heterocycles. The van der Waals surface area contributed by atoms with Gasteiger partial charge in [-0.1, -0.05) is 54.9 Å². The van der Waals surface area contributed by atoms with Crippen LogP contribution < -0.4 is 5.56 Å². The quantitative estimate of drug-likeness (QED) is 0.647. The Bertz CT molecular complexity index is 909. The second-order valence-electron chi connectivity index (χ2n) is 5.99. The zero-order valence-electron chi connectivity index (χ0n) is 13.8. The highest BCUT2D eigenvalue weighted by Gasteiger charge is 2.16. The fourth-order valence-electron chi connectivity index (χ4n) is 2.44. The Kier molecular flexibility index (Phi) is 5.57. The number of hydrogen-bond acceptors (Lipinski definition) is 3. The van der Waals surface area contributed by atoms with Gasteiger partial charge in [-0.15, -0.1) is 0 Å². The summed E-state index contributed by atoms with van der Waals surface area (Å²) in [5, 5.41) is 2.25. The van der Waals surface area contributed by atoms with Gasteiger partial charge in [0.1, 0.15) is 5.03 Å². The number of rotatable bonds is 5. The normalized spacial score (nSPS) is 11.2. The van der Waals surface area contributed by atoms with Gasteiger partial charge < -0.3 is 9.55 Å². The fourth-order valence-corrected chi connectivity index (χ4v) is 4.32. The molecule has 0 saturated heterocycles. The van der Waals surface area contributed by atoms with Gasteiger partial charge >= 0.3 is 0 Å². The van der Waals surface area contributed by atoms with Crippen LogP contribution in [-0.2, 0) is 6.54 Å². The van der Waals surface area contributed by atoms with Gasteiger partial charge in [-0.3, -0.25) is 4.79 Å². The first-order valence-corrected chi connectivity index (χ1v) is 9.36. The van der Waals surface area contributed by atoms with Crippen molar-refractivity contribution in [2.75, 3.05) is 0 Å². The van der Waals surface area contributed by atoms with E-state index in [4.69, 9.17) is 23.2 Å². The highest BCUT2D eigenvalue weighted by atomic mass is 35.5. The summed E-state index contributed by atoms with van der Waals surface area (Å²) >= 11 is 13.8. The number of imidazole rings is 1. The van der Waals surface area contributed by atoms with Crippen molar-refractivity contribution >= 4 is 35.0 Å². The van der Waals surface area contributed by atoms with E-state index in [-0.39, 0.29) is 11.5 Å². The molecule has 0 aliphatic rings. The van der Waals surface area contributed by atoms with Crippen LogP contribution in [0.1, 0.15) is 31.0 Å². The number of nitrogens with one attached hydrogen (secondary N) is 1. The van der Waals surface area contributed by atoms with Crippen LogP contribution in [0.3, 0.4) is 0 Å². The molecule has 0 spiro atoms. The van der Waals surface area contributed by atoms with Crippen molar-refractivity contribution in [1.82, 2.24) is 14.5 Å². The molecule has 4 nitrogen and oxygen atoms in total. The Morgan fingerprint density at radius 1 is 1.20 bits per heavy atom. The number of pyridine rings is 1. The average molecular weight is 394 g/mol. The first-order valence-electron chi connectivity index (χ1n) is 7.79. The Balaban J connectivity index is 1.96. The van der Waals surface area contributed by atoms with Crippen molar-refractivity contribution in [3.8, 4) is 0 Å². The SMILES string of the molecule is CC(C)c1ncn(Cc2ccc(=O)[nH]c2)c1Sc1cc(Cl)cc(Cl)c1. The summed E-state index contributed by atoms with van der Waals surface area (Å²) in [7, 11) is 0. The van der Waals surface area contributed by atoms with E-state index in [2.05, 4.69) is 28.4 Å². The maximum absolute atomic E-state index is 11.2. The van der Waals surface area contributed by atoms with Gasteiger partial charge in [0, 0.05) is 27.2 Å².